The zero-order chi connectivity index (χ0) is 28.5. The van der Waals surface area contributed by atoms with Crippen molar-refractivity contribution in [2.24, 2.45) is 0 Å². The van der Waals surface area contributed by atoms with Gasteiger partial charge in [0.1, 0.15) is 10.5 Å². The van der Waals surface area contributed by atoms with E-state index in [0.717, 1.165) is 40.9 Å². The van der Waals surface area contributed by atoms with Crippen molar-refractivity contribution in [3.8, 4) is 6.07 Å². The van der Waals surface area contributed by atoms with E-state index in [1.165, 1.54) is 11.3 Å². The number of allylic oxidation sites excluding steroid dienone is 3. The van der Waals surface area contributed by atoms with Crippen molar-refractivity contribution in [3.05, 3.63) is 58.4 Å². The molecule has 0 bridgehead atoms. The number of hydrogen-bond donors (Lipinski definition) is 0. The normalized spacial score (nSPS) is 18.7. The van der Waals surface area contributed by atoms with Crippen molar-refractivity contribution in [2.45, 2.75) is 65.5 Å². The highest BCUT2D eigenvalue weighted by atomic mass is 32.1. The van der Waals surface area contributed by atoms with Crippen LogP contribution in [0.5, 0.6) is 0 Å². The summed E-state index contributed by atoms with van der Waals surface area (Å²) in [6.45, 7) is 10.2. The number of halogens is 1. The molecule has 0 radical (unpaired) electrons. The van der Waals surface area contributed by atoms with Gasteiger partial charge in [0.25, 0.3) is 0 Å². The van der Waals surface area contributed by atoms with E-state index in [4.69, 9.17) is 4.98 Å². The maximum atomic E-state index is 15.6. The third-order valence-electron chi connectivity index (χ3n) is 7.04. The molecule has 2 aromatic heterocycles. The minimum atomic E-state index is -0.784. The number of unbranched alkanes of at least 4 members (excludes halogenated alkanes) is 1. The number of hydrazine groups is 1. The van der Waals surface area contributed by atoms with Gasteiger partial charge in [0, 0.05) is 52.0 Å². The highest BCUT2D eigenvalue weighted by molar-refractivity contribution is 7.16. The first-order valence-electron chi connectivity index (χ1n) is 13.5. The average molecular weight is 554 g/mol. The number of piperazine rings is 1. The molecule has 0 aromatic carbocycles. The maximum absolute atomic E-state index is 15.6. The van der Waals surface area contributed by atoms with E-state index in [0.29, 0.717) is 37.3 Å². The Labute approximate surface area is 235 Å². The Hall–Kier alpha value is -3.13. The summed E-state index contributed by atoms with van der Waals surface area (Å²) in [5.74, 6) is -0.784. The number of nitrogens with zero attached hydrogens (tertiary/aromatic N) is 7. The van der Waals surface area contributed by atoms with Crippen LogP contribution in [0, 0.1) is 11.3 Å². The molecule has 3 rings (SSSR count). The van der Waals surface area contributed by atoms with Gasteiger partial charge in [0.05, 0.1) is 34.9 Å². The Morgan fingerprint density at radius 3 is 2.74 bits per heavy atom. The molecule has 1 aliphatic heterocycles. The van der Waals surface area contributed by atoms with Gasteiger partial charge >= 0.3 is 0 Å². The second-order valence-corrected chi connectivity index (χ2v) is 10.9. The number of carbonyl (C=O) groups excluding carboxylic acids is 1. The lowest BCUT2D eigenvalue weighted by atomic mass is 10.0. The minimum Gasteiger partial charge on any atom is -0.362 e. The Morgan fingerprint density at radius 2 is 2.10 bits per heavy atom. The van der Waals surface area contributed by atoms with Crippen LogP contribution in [0.15, 0.2) is 52.7 Å². The van der Waals surface area contributed by atoms with E-state index in [1.54, 1.807) is 0 Å². The first kappa shape index (κ1) is 30.4. The monoisotopic (exact) mass is 553 g/mol. The average Bonchev–Trinajstić information content (AvgIpc) is 3.41. The van der Waals surface area contributed by atoms with Crippen LogP contribution in [0.3, 0.4) is 0 Å². The smallest absolute Gasteiger partial charge is 0.188 e. The van der Waals surface area contributed by atoms with Gasteiger partial charge in [0.2, 0.25) is 0 Å². The second kappa shape index (κ2) is 14.3. The van der Waals surface area contributed by atoms with Crippen LogP contribution in [-0.2, 0) is 4.79 Å². The quantitative estimate of drug-likeness (QED) is 0.141. The number of nitriles is 1. The van der Waals surface area contributed by atoms with Gasteiger partial charge in [-0.3, -0.25) is 14.7 Å². The second-order valence-electron chi connectivity index (χ2n) is 10.0. The third-order valence-corrected chi connectivity index (χ3v) is 7.78. The number of aldehydes is 1. The van der Waals surface area contributed by atoms with Crippen molar-refractivity contribution in [1.82, 2.24) is 29.8 Å². The highest BCUT2D eigenvalue weighted by Crippen LogP contribution is 2.33. The molecule has 1 fully saturated rings. The Kier molecular flexibility index (Phi) is 11.2. The summed E-state index contributed by atoms with van der Waals surface area (Å²) in [7, 11) is 3.74. The van der Waals surface area contributed by atoms with Gasteiger partial charge in [-0.1, -0.05) is 26.3 Å². The molecular weight excluding hydrogens is 513 g/mol. The number of thiazole rings is 1. The predicted octanol–water partition coefficient (Wildman–Crippen LogP) is 5.81. The standard InChI is InChI=1S/C29H40FN7OS/c1-7-9-10-27(37(34(5)6)17-21(3)13-14-31)28(24(30)19-38)36-16-15-35(18-23(36)8-2)22(4)25-11-12-26-29(33-25)39-20-32-26/h10-12,17,19-20,22-23H,7-9,13,15-16,18H2,1-6H3/b21-17+,27-10+,28-24-. The van der Waals surface area contributed by atoms with Crippen molar-refractivity contribution >= 4 is 28.0 Å². The van der Waals surface area contributed by atoms with Crippen LogP contribution < -0.4 is 0 Å². The van der Waals surface area contributed by atoms with Crippen LogP contribution in [0.25, 0.3) is 10.3 Å². The van der Waals surface area contributed by atoms with E-state index in [2.05, 4.69) is 41.6 Å². The summed E-state index contributed by atoms with van der Waals surface area (Å²) < 4.78 is 15.6. The van der Waals surface area contributed by atoms with E-state index >= 15 is 4.39 Å². The van der Waals surface area contributed by atoms with Gasteiger partial charge in [-0.25, -0.2) is 19.4 Å². The molecule has 10 heteroatoms. The molecule has 0 N–H and O–H groups in total. The van der Waals surface area contributed by atoms with Crippen LogP contribution in [0.4, 0.5) is 4.39 Å². The summed E-state index contributed by atoms with van der Waals surface area (Å²) in [4.78, 5) is 26.5. The van der Waals surface area contributed by atoms with Gasteiger partial charge < -0.3 is 4.90 Å². The fourth-order valence-corrected chi connectivity index (χ4v) is 5.55. The number of pyridine rings is 1. The molecule has 1 aliphatic rings. The summed E-state index contributed by atoms with van der Waals surface area (Å²) in [5, 5.41) is 12.9. The molecule has 39 heavy (non-hydrogen) atoms. The van der Waals surface area contributed by atoms with Gasteiger partial charge in [0.15, 0.2) is 12.1 Å². The highest BCUT2D eigenvalue weighted by Gasteiger charge is 2.34. The van der Waals surface area contributed by atoms with Crippen molar-refractivity contribution in [2.75, 3.05) is 33.7 Å². The Balaban J connectivity index is 1.97. The van der Waals surface area contributed by atoms with Crippen molar-refractivity contribution in [1.29, 1.82) is 5.26 Å². The zero-order valence-electron chi connectivity index (χ0n) is 23.9. The molecule has 2 aromatic rings. The Bertz CT molecular complexity index is 1260. The molecule has 0 spiro atoms. The third kappa shape index (κ3) is 7.29. The van der Waals surface area contributed by atoms with Crippen molar-refractivity contribution < 1.29 is 9.18 Å². The number of rotatable bonds is 12. The number of hydrogen-bond acceptors (Lipinski definition) is 9. The fraction of sp³-hybridized carbons (Fsp3) is 0.517. The van der Waals surface area contributed by atoms with E-state index in [9.17, 15) is 10.1 Å². The van der Waals surface area contributed by atoms with Crippen LogP contribution in [-0.4, -0.2) is 75.8 Å². The molecule has 8 nitrogen and oxygen atoms in total. The molecule has 0 amide bonds. The lowest BCUT2D eigenvalue weighted by molar-refractivity contribution is -0.106. The topological polar surface area (TPSA) is 79.6 Å². The SMILES string of the molecule is CCC/C=C(\C(=C(\F)C=O)N1CCN(C(C)c2ccc3ncsc3n2)CC1CC)N(/C=C(\C)CC#N)N(C)C. The van der Waals surface area contributed by atoms with Crippen molar-refractivity contribution in [3.63, 3.8) is 0 Å². The zero-order valence-corrected chi connectivity index (χ0v) is 24.7. The van der Waals surface area contributed by atoms with E-state index < -0.39 is 5.83 Å². The van der Waals surface area contributed by atoms with Gasteiger partial charge in [-0.2, -0.15) is 5.26 Å². The largest absolute Gasteiger partial charge is 0.362 e. The lowest BCUT2D eigenvalue weighted by Gasteiger charge is -2.47. The molecule has 210 valence electrons. The maximum Gasteiger partial charge on any atom is 0.188 e. The summed E-state index contributed by atoms with van der Waals surface area (Å²) in [5.41, 5.74) is 5.46. The first-order valence-corrected chi connectivity index (χ1v) is 14.4. The van der Waals surface area contributed by atoms with Gasteiger partial charge in [-0.15, -0.1) is 11.3 Å². The number of carbonyl (C=O) groups is 1. The molecular formula is C29H40FN7OS. The fourth-order valence-electron chi connectivity index (χ4n) is 4.88. The molecule has 3 heterocycles. The molecule has 1 saturated heterocycles. The number of fused-ring (bicyclic) bond motifs is 1. The van der Waals surface area contributed by atoms with Crippen LogP contribution in [0.1, 0.15) is 65.1 Å². The molecule has 2 unspecified atom stereocenters. The summed E-state index contributed by atoms with van der Waals surface area (Å²) in [6.07, 6.45) is 6.79. The van der Waals surface area contributed by atoms with Crippen LogP contribution >= 0.6 is 11.3 Å². The molecule has 0 saturated carbocycles. The molecule has 0 aliphatic carbocycles. The summed E-state index contributed by atoms with van der Waals surface area (Å²) >= 11 is 1.54. The molecule has 2 atom stereocenters. The Morgan fingerprint density at radius 1 is 1.33 bits per heavy atom. The first-order chi connectivity index (χ1) is 18.7. The lowest BCUT2D eigenvalue weighted by Crippen LogP contribution is -2.54. The summed E-state index contributed by atoms with van der Waals surface area (Å²) in [6, 6.07) is 6.30. The van der Waals surface area contributed by atoms with Crippen LogP contribution in [0.2, 0.25) is 0 Å². The van der Waals surface area contributed by atoms with E-state index in [1.807, 2.05) is 61.0 Å². The number of aromatic nitrogens is 2. The minimum absolute atomic E-state index is 0.00717. The van der Waals surface area contributed by atoms with Gasteiger partial charge in [-0.05, 0) is 44.4 Å². The van der Waals surface area contributed by atoms with E-state index in [-0.39, 0.29) is 18.5 Å². The predicted molar refractivity (Wildman–Crippen MR) is 155 cm³/mol.